The Morgan fingerprint density at radius 3 is 2.14 bits per heavy atom. The second-order valence-corrected chi connectivity index (χ2v) is 2.70. The SMILES string of the molecule is COC[C@@H]1CCN1.O=C(O)C(F)(F)F. The molecule has 1 aliphatic heterocycles. The van der Waals surface area contributed by atoms with E-state index in [1.165, 1.54) is 13.0 Å². The van der Waals surface area contributed by atoms with Crippen molar-refractivity contribution in [2.45, 2.75) is 18.6 Å². The summed E-state index contributed by atoms with van der Waals surface area (Å²) in [5.41, 5.74) is 0. The molecule has 1 heterocycles. The number of methoxy groups -OCH3 is 1. The van der Waals surface area contributed by atoms with Crippen LogP contribution in [0.15, 0.2) is 0 Å². The quantitative estimate of drug-likeness (QED) is 0.709. The Morgan fingerprint density at radius 1 is 1.64 bits per heavy atom. The van der Waals surface area contributed by atoms with Gasteiger partial charge in [0.25, 0.3) is 0 Å². The van der Waals surface area contributed by atoms with Crippen LogP contribution in [0, 0.1) is 0 Å². The lowest BCUT2D eigenvalue weighted by molar-refractivity contribution is -0.192. The van der Waals surface area contributed by atoms with Gasteiger partial charge in [0.15, 0.2) is 0 Å². The predicted octanol–water partition coefficient (Wildman–Crippen LogP) is 0.628. The van der Waals surface area contributed by atoms with Gasteiger partial charge in [0, 0.05) is 13.2 Å². The predicted molar refractivity (Wildman–Crippen MR) is 42.0 cm³/mol. The first-order valence-corrected chi connectivity index (χ1v) is 3.90. The highest BCUT2D eigenvalue weighted by Crippen LogP contribution is 2.13. The number of alkyl halides is 3. The van der Waals surface area contributed by atoms with E-state index in [4.69, 9.17) is 14.6 Å². The first-order valence-electron chi connectivity index (χ1n) is 3.90. The number of nitrogens with one attached hydrogen (secondary N) is 1. The van der Waals surface area contributed by atoms with Crippen molar-refractivity contribution in [3.63, 3.8) is 0 Å². The minimum atomic E-state index is -5.08. The lowest BCUT2D eigenvalue weighted by Gasteiger charge is -2.26. The van der Waals surface area contributed by atoms with E-state index in [1.54, 1.807) is 7.11 Å². The smallest absolute Gasteiger partial charge is 0.475 e. The second-order valence-electron chi connectivity index (χ2n) is 2.70. The van der Waals surface area contributed by atoms with Gasteiger partial charge in [0.2, 0.25) is 0 Å². The Labute approximate surface area is 79.0 Å². The molecular weight excluding hydrogens is 203 g/mol. The first-order chi connectivity index (χ1) is 6.38. The number of ether oxygens (including phenoxy) is 1. The molecule has 84 valence electrons. The van der Waals surface area contributed by atoms with Crippen LogP contribution >= 0.6 is 0 Å². The van der Waals surface area contributed by atoms with Crippen LogP contribution < -0.4 is 5.32 Å². The summed E-state index contributed by atoms with van der Waals surface area (Å²) in [5.74, 6) is -2.76. The highest BCUT2D eigenvalue weighted by molar-refractivity contribution is 5.73. The number of rotatable bonds is 2. The van der Waals surface area contributed by atoms with Gasteiger partial charge in [-0.1, -0.05) is 0 Å². The monoisotopic (exact) mass is 215 g/mol. The van der Waals surface area contributed by atoms with Gasteiger partial charge in [-0.3, -0.25) is 0 Å². The van der Waals surface area contributed by atoms with Crippen LogP contribution in [-0.2, 0) is 9.53 Å². The molecule has 2 N–H and O–H groups in total. The molecule has 7 heteroatoms. The molecule has 1 rings (SSSR count). The van der Waals surface area contributed by atoms with Crippen LogP contribution in [-0.4, -0.2) is 43.6 Å². The lowest BCUT2D eigenvalue weighted by Crippen LogP contribution is -2.45. The van der Waals surface area contributed by atoms with Crippen molar-refractivity contribution in [3.05, 3.63) is 0 Å². The van der Waals surface area contributed by atoms with Crippen molar-refractivity contribution in [2.75, 3.05) is 20.3 Å². The maximum absolute atomic E-state index is 10.6. The maximum atomic E-state index is 10.6. The fourth-order valence-electron chi connectivity index (χ4n) is 0.692. The van der Waals surface area contributed by atoms with Gasteiger partial charge in [-0.2, -0.15) is 13.2 Å². The zero-order valence-electron chi connectivity index (χ0n) is 7.60. The Morgan fingerprint density at radius 2 is 2.07 bits per heavy atom. The number of hydrogen-bond acceptors (Lipinski definition) is 3. The summed E-state index contributed by atoms with van der Waals surface area (Å²) in [7, 11) is 1.74. The van der Waals surface area contributed by atoms with E-state index in [0.717, 1.165) is 6.61 Å². The highest BCUT2D eigenvalue weighted by atomic mass is 19.4. The summed E-state index contributed by atoms with van der Waals surface area (Å²) in [6.07, 6.45) is -3.80. The van der Waals surface area contributed by atoms with Crippen LogP contribution in [0.5, 0.6) is 0 Å². The summed E-state index contributed by atoms with van der Waals surface area (Å²) in [6.45, 7) is 2.05. The van der Waals surface area contributed by atoms with Crippen LogP contribution in [0.2, 0.25) is 0 Å². The third kappa shape index (κ3) is 5.76. The molecule has 14 heavy (non-hydrogen) atoms. The van der Waals surface area contributed by atoms with Crippen LogP contribution in [0.1, 0.15) is 6.42 Å². The molecule has 1 aliphatic rings. The second kappa shape index (κ2) is 5.82. The third-order valence-electron chi connectivity index (χ3n) is 1.54. The fraction of sp³-hybridized carbons (Fsp3) is 0.857. The Hall–Kier alpha value is -0.820. The Bertz CT molecular complexity index is 180. The molecular formula is C7H12F3NO3. The third-order valence-corrected chi connectivity index (χ3v) is 1.54. The van der Waals surface area contributed by atoms with E-state index in [9.17, 15) is 13.2 Å². The van der Waals surface area contributed by atoms with Crippen LogP contribution in [0.25, 0.3) is 0 Å². The van der Waals surface area contributed by atoms with E-state index in [0.29, 0.717) is 6.04 Å². The topological polar surface area (TPSA) is 58.6 Å². The van der Waals surface area contributed by atoms with Gasteiger partial charge >= 0.3 is 12.1 Å². The van der Waals surface area contributed by atoms with E-state index in [2.05, 4.69) is 5.32 Å². The fourth-order valence-corrected chi connectivity index (χ4v) is 0.692. The summed E-state index contributed by atoms with van der Waals surface area (Å²) in [4.78, 5) is 8.90. The number of aliphatic carboxylic acids is 1. The molecule has 1 saturated heterocycles. The molecule has 0 spiro atoms. The Kier molecular flexibility index (Phi) is 5.47. The minimum absolute atomic E-state index is 0.657. The van der Waals surface area contributed by atoms with E-state index >= 15 is 0 Å². The summed E-state index contributed by atoms with van der Waals surface area (Å²) in [5, 5.41) is 10.3. The Balaban J connectivity index is 0.000000241. The maximum Gasteiger partial charge on any atom is 0.490 e. The van der Waals surface area contributed by atoms with E-state index in [1.807, 2.05) is 0 Å². The summed E-state index contributed by atoms with van der Waals surface area (Å²) >= 11 is 0. The average molecular weight is 215 g/mol. The van der Waals surface area contributed by atoms with Crippen molar-refractivity contribution >= 4 is 5.97 Å². The number of carboxylic acid groups (broad SMARTS) is 1. The largest absolute Gasteiger partial charge is 0.490 e. The van der Waals surface area contributed by atoms with Gasteiger partial charge in [-0.05, 0) is 13.0 Å². The average Bonchev–Trinajstić information content (AvgIpc) is 1.96. The molecule has 0 aliphatic carbocycles. The lowest BCUT2D eigenvalue weighted by atomic mass is 10.1. The molecule has 0 unspecified atom stereocenters. The van der Waals surface area contributed by atoms with Crippen molar-refractivity contribution in [1.29, 1.82) is 0 Å². The van der Waals surface area contributed by atoms with Crippen LogP contribution in [0.4, 0.5) is 13.2 Å². The number of carboxylic acids is 1. The van der Waals surface area contributed by atoms with Crippen LogP contribution in [0.3, 0.4) is 0 Å². The molecule has 1 fully saturated rings. The summed E-state index contributed by atoms with van der Waals surface area (Å²) in [6, 6.07) is 0.657. The standard InChI is InChI=1S/C5H11NO.C2HF3O2/c1-7-4-5-2-3-6-5;3-2(4,5)1(6)7/h5-6H,2-4H2,1H3;(H,6,7)/t5-;/m0./s1. The summed E-state index contributed by atoms with van der Waals surface area (Å²) < 4.78 is 36.6. The number of hydrogen-bond donors (Lipinski definition) is 2. The highest BCUT2D eigenvalue weighted by Gasteiger charge is 2.38. The van der Waals surface area contributed by atoms with E-state index in [-0.39, 0.29) is 0 Å². The van der Waals surface area contributed by atoms with Crippen molar-refractivity contribution in [1.82, 2.24) is 5.32 Å². The van der Waals surface area contributed by atoms with Gasteiger partial charge in [0.1, 0.15) is 0 Å². The molecule has 0 bridgehead atoms. The molecule has 0 amide bonds. The molecule has 0 saturated carbocycles. The minimum Gasteiger partial charge on any atom is -0.475 e. The number of halogens is 3. The normalized spacial score (nSPS) is 20.4. The zero-order chi connectivity index (χ0) is 11.2. The molecule has 4 nitrogen and oxygen atoms in total. The van der Waals surface area contributed by atoms with E-state index < -0.39 is 12.1 Å². The number of carbonyl (C=O) groups is 1. The molecule has 0 radical (unpaired) electrons. The first kappa shape index (κ1) is 13.2. The van der Waals surface area contributed by atoms with Gasteiger partial charge in [-0.15, -0.1) is 0 Å². The van der Waals surface area contributed by atoms with Gasteiger partial charge in [0.05, 0.1) is 6.61 Å². The van der Waals surface area contributed by atoms with Crippen molar-refractivity contribution < 1.29 is 27.8 Å². The van der Waals surface area contributed by atoms with Crippen molar-refractivity contribution in [2.24, 2.45) is 0 Å². The molecule has 0 aromatic heterocycles. The van der Waals surface area contributed by atoms with Gasteiger partial charge < -0.3 is 15.2 Å². The molecule has 0 aromatic carbocycles. The van der Waals surface area contributed by atoms with Crippen molar-refractivity contribution in [3.8, 4) is 0 Å². The zero-order valence-corrected chi connectivity index (χ0v) is 7.60. The molecule has 0 aromatic rings. The molecule has 1 atom stereocenters. The van der Waals surface area contributed by atoms with Gasteiger partial charge in [-0.25, -0.2) is 4.79 Å².